The maximum Gasteiger partial charge on any atom is 0.0909 e. The number of hydrogen-bond donors (Lipinski definition) is 1. The van der Waals surface area contributed by atoms with Crippen molar-refractivity contribution < 1.29 is 5.11 Å². The van der Waals surface area contributed by atoms with E-state index in [0.29, 0.717) is 16.5 Å². The summed E-state index contributed by atoms with van der Waals surface area (Å²) >= 11 is 11.9. The molecule has 2 aromatic rings. The van der Waals surface area contributed by atoms with Crippen LogP contribution >= 0.6 is 23.2 Å². The Morgan fingerprint density at radius 3 is 2.44 bits per heavy atom. The Kier molecular flexibility index (Phi) is 3.91. The number of hydrogen-bond acceptors (Lipinski definition) is 2. The minimum Gasteiger partial charge on any atom is -0.385 e. The van der Waals surface area contributed by atoms with Gasteiger partial charge in [0.1, 0.15) is 0 Å². The summed E-state index contributed by atoms with van der Waals surface area (Å²) < 4.78 is 0. The van der Waals surface area contributed by atoms with Crippen LogP contribution in [0.2, 0.25) is 10.0 Å². The molecule has 1 atom stereocenters. The molecule has 0 saturated carbocycles. The molecule has 2 rings (SSSR count). The van der Waals surface area contributed by atoms with Crippen molar-refractivity contribution in [2.45, 2.75) is 18.9 Å². The molecule has 0 fully saturated rings. The van der Waals surface area contributed by atoms with Crippen LogP contribution < -0.4 is 0 Å². The summed E-state index contributed by atoms with van der Waals surface area (Å²) in [6.45, 7) is 1.76. The quantitative estimate of drug-likeness (QED) is 0.927. The number of pyridine rings is 1. The molecule has 1 N–H and O–H groups in total. The molecule has 0 bridgehead atoms. The predicted molar refractivity (Wildman–Crippen MR) is 74.0 cm³/mol. The maximum atomic E-state index is 10.5. The Hall–Kier alpha value is -1.09. The van der Waals surface area contributed by atoms with Crippen molar-refractivity contribution in [1.82, 2.24) is 4.98 Å². The maximum absolute atomic E-state index is 10.5. The first kappa shape index (κ1) is 13.3. The molecular weight excluding hydrogens is 269 g/mol. The topological polar surface area (TPSA) is 33.1 Å². The van der Waals surface area contributed by atoms with Crippen LogP contribution in [0.25, 0.3) is 0 Å². The molecule has 94 valence electrons. The fourth-order valence-corrected chi connectivity index (χ4v) is 2.14. The summed E-state index contributed by atoms with van der Waals surface area (Å²) in [5, 5.41) is 11.7. The van der Waals surface area contributed by atoms with Gasteiger partial charge in [-0.05, 0) is 36.2 Å². The normalized spacial score (nSPS) is 14.2. The smallest absolute Gasteiger partial charge is 0.0909 e. The first-order valence-electron chi connectivity index (χ1n) is 5.56. The fraction of sp³-hybridized carbons (Fsp3) is 0.214. The minimum atomic E-state index is -0.990. The number of benzene rings is 1. The number of aromatic nitrogens is 1. The highest BCUT2D eigenvalue weighted by atomic mass is 35.5. The Morgan fingerprint density at radius 2 is 1.83 bits per heavy atom. The first-order chi connectivity index (χ1) is 8.49. The van der Waals surface area contributed by atoms with Crippen molar-refractivity contribution in [3.8, 4) is 0 Å². The molecule has 1 aromatic heterocycles. The fourth-order valence-electron chi connectivity index (χ4n) is 1.83. The molecule has 0 amide bonds. The van der Waals surface area contributed by atoms with E-state index in [-0.39, 0.29) is 0 Å². The second-order valence-electron chi connectivity index (χ2n) is 4.42. The number of rotatable bonds is 3. The Labute approximate surface area is 116 Å². The van der Waals surface area contributed by atoms with Crippen LogP contribution in [0.1, 0.15) is 18.1 Å². The Balaban J connectivity index is 2.27. The van der Waals surface area contributed by atoms with Crippen molar-refractivity contribution >= 4 is 23.2 Å². The molecule has 4 heteroatoms. The van der Waals surface area contributed by atoms with Gasteiger partial charge in [0.05, 0.1) is 10.6 Å². The van der Waals surface area contributed by atoms with Crippen LogP contribution in [0, 0.1) is 0 Å². The summed E-state index contributed by atoms with van der Waals surface area (Å²) in [4.78, 5) is 3.93. The third-order valence-corrected chi connectivity index (χ3v) is 3.45. The number of nitrogens with zero attached hydrogens (tertiary/aromatic N) is 1. The van der Waals surface area contributed by atoms with E-state index in [4.69, 9.17) is 23.2 Å². The van der Waals surface area contributed by atoms with Crippen LogP contribution in [0.15, 0.2) is 42.7 Å². The van der Waals surface area contributed by atoms with Gasteiger partial charge in [0.25, 0.3) is 0 Å². The average Bonchev–Trinajstić information content (AvgIpc) is 2.32. The lowest BCUT2D eigenvalue weighted by atomic mass is 9.89. The van der Waals surface area contributed by atoms with E-state index in [1.165, 1.54) is 0 Å². The van der Waals surface area contributed by atoms with E-state index < -0.39 is 5.60 Å². The van der Waals surface area contributed by atoms with E-state index in [1.54, 1.807) is 31.5 Å². The van der Waals surface area contributed by atoms with Crippen LogP contribution in [-0.4, -0.2) is 10.1 Å². The van der Waals surface area contributed by atoms with Gasteiger partial charge >= 0.3 is 0 Å². The van der Waals surface area contributed by atoms with Crippen molar-refractivity contribution in [3.63, 3.8) is 0 Å². The molecule has 0 radical (unpaired) electrons. The predicted octanol–water partition coefficient (Wildman–Crippen LogP) is 3.84. The monoisotopic (exact) mass is 281 g/mol. The van der Waals surface area contributed by atoms with Crippen molar-refractivity contribution in [2.24, 2.45) is 0 Å². The van der Waals surface area contributed by atoms with Gasteiger partial charge in [0.15, 0.2) is 0 Å². The zero-order valence-corrected chi connectivity index (χ0v) is 11.4. The highest BCUT2D eigenvalue weighted by Gasteiger charge is 2.24. The van der Waals surface area contributed by atoms with Gasteiger partial charge in [0, 0.05) is 23.8 Å². The molecule has 2 nitrogen and oxygen atoms in total. The molecule has 0 saturated heterocycles. The molecule has 0 spiro atoms. The van der Waals surface area contributed by atoms with Crippen LogP contribution in [-0.2, 0) is 12.0 Å². The highest BCUT2D eigenvalue weighted by molar-refractivity contribution is 6.31. The van der Waals surface area contributed by atoms with E-state index in [2.05, 4.69) is 4.98 Å². The number of aliphatic hydroxyl groups is 1. The summed E-state index contributed by atoms with van der Waals surface area (Å²) in [5.41, 5.74) is 0.682. The summed E-state index contributed by atoms with van der Waals surface area (Å²) in [6, 6.07) is 8.97. The summed E-state index contributed by atoms with van der Waals surface area (Å²) in [7, 11) is 0. The molecular formula is C14H13Cl2NO. The van der Waals surface area contributed by atoms with E-state index in [1.807, 2.05) is 18.2 Å². The number of halogens is 2. The second kappa shape index (κ2) is 5.27. The van der Waals surface area contributed by atoms with Crippen LogP contribution in [0.5, 0.6) is 0 Å². The first-order valence-corrected chi connectivity index (χ1v) is 6.31. The third kappa shape index (κ3) is 3.02. The van der Waals surface area contributed by atoms with Gasteiger partial charge in [-0.3, -0.25) is 4.98 Å². The minimum absolute atomic E-state index is 0.427. The second-order valence-corrected chi connectivity index (χ2v) is 5.27. The lowest BCUT2D eigenvalue weighted by molar-refractivity contribution is 0.0576. The van der Waals surface area contributed by atoms with E-state index >= 15 is 0 Å². The Morgan fingerprint density at radius 1 is 1.17 bits per heavy atom. The molecule has 0 aliphatic carbocycles. The van der Waals surface area contributed by atoms with Gasteiger partial charge in [0.2, 0.25) is 0 Å². The van der Waals surface area contributed by atoms with Crippen LogP contribution in [0.3, 0.4) is 0 Å². The van der Waals surface area contributed by atoms with Crippen molar-refractivity contribution in [3.05, 3.63) is 63.9 Å². The standard InChI is InChI=1S/C14H13Cl2NO/c1-14(18,11-2-4-12(15)5-3-11)8-10-6-7-17-9-13(10)16/h2-7,9,18H,8H2,1H3. The van der Waals surface area contributed by atoms with E-state index in [9.17, 15) is 5.11 Å². The van der Waals surface area contributed by atoms with E-state index in [0.717, 1.165) is 11.1 Å². The van der Waals surface area contributed by atoms with Crippen molar-refractivity contribution in [1.29, 1.82) is 0 Å². The largest absolute Gasteiger partial charge is 0.385 e. The molecule has 0 aliphatic rings. The van der Waals surface area contributed by atoms with Gasteiger partial charge < -0.3 is 5.11 Å². The third-order valence-electron chi connectivity index (χ3n) is 2.86. The van der Waals surface area contributed by atoms with Gasteiger partial charge in [-0.25, -0.2) is 0 Å². The average molecular weight is 282 g/mol. The molecule has 1 aromatic carbocycles. The van der Waals surface area contributed by atoms with Crippen LogP contribution in [0.4, 0.5) is 0 Å². The lowest BCUT2D eigenvalue weighted by Crippen LogP contribution is -2.24. The summed E-state index contributed by atoms with van der Waals surface area (Å²) in [6.07, 6.45) is 3.67. The molecule has 1 unspecified atom stereocenters. The SMILES string of the molecule is CC(O)(Cc1ccncc1Cl)c1ccc(Cl)cc1. The molecule has 1 heterocycles. The van der Waals surface area contributed by atoms with Gasteiger partial charge in [-0.1, -0.05) is 35.3 Å². The zero-order chi connectivity index (χ0) is 13.2. The molecule has 18 heavy (non-hydrogen) atoms. The molecule has 0 aliphatic heterocycles. The van der Waals surface area contributed by atoms with Gasteiger partial charge in [-0.15, -0.1) is 0 Å². The lowest BCUT2D eigenvalue weighted by Gasteiger charge is -2.24. The zero-order valence-electron chi connectivity index (χ0n) is 9.90. The summed E-state index contributed by atoms with van der Waals surface area (Å²) in [5.74, 6) is 0. The van der Waals surface area contributed by atoms with Gasteiger partial charge in [-0.2, -0.15) is 0 Å². The van der Waals surface area contributed by atoms with Crippen molar-refractivity contribution in [2.75, 3.05) is 0 Å². The Bertz CT molecular complexity index is 538. The highest BCUT2D eigenvalue weighted by Crippen LogP contribution is 2.28.